The van der Waals surface area contributed by atoms with Crippen LogP contribution >= 0.6 is 0 Å². The Labute approximate surface area is 146 Å². The maximum Gasteiger partial charge on any atom is 0.239 e. The largest absolute Gasteiger partial charge is 0.489 e. The second-order valence-corrected chi connectivity index (χ2v) is 8.41. The molecule has 0 radical (unpaired) electrons. The number of rotatable bonds is 7. The first-order valence-electron chi connectivity index (χ1n) is 7.75. The highest BCUT2D eigenvalue weighted by molar-refractivity contribution is 7.92. The third-order valence-corrected chi connectivity index (χ3v) is 5.56. The van der Waals surface area contributed by atoms with E-state index in [1.165, 1.54) is 26.0 Å². The summed E-state index contributed by atoms with van der Waals surface area (Å²) in [6.45, 7) is 3.24. The van der Waals surface area contributed by atoms with Crippen LogP contribution in [0.25, 0.3) is 0 Å². The summed E-state index contributed by atoms with van der Waals surface area (Å²) >= 11 is 0. The van der Waals surface area contributed by atoms with Gasteiger partial charge in [0.05, 0.1) is 5.25 Å². The van der Waals surface area contributed by atoms with Crippen LogP contribution in [0.1, 0.15) is 19.4 Å². The predicted molar refractivity (Wildman–Crippen MR) is 94.7 cm³/mol. The van der Waals surface area contributed by atoms with Crippen LogP contribution in [0.3, 0.4) is 0 Å². The lowest BCUT2D eigenvalue weighted by atomic mass is 10.2. The van der Waals surface area contributed by atoms with Crippen molar-refractivity contribution >= 4 is 21.4 Å². The molecule has 0 heterocycles. The van der Waals surface area contributed by atoms with E-state index in [-0.39, 0.29) is 12.4 Å². The number of carbonyl (C=O) groups excluding carboxylic acids is 1. The van der Waals surface area contributed by atoms with Crippen LogP contribution in [-0.4, -0.2) is 25.3 Å². The lowest BCUT2D eigenvalue weighted by Crippen LogP contribution is -2.27. The number of anilines is 1. The van der Waals surface area contributed by atoms with E-state index < -0.39 is 26.7 Å². The molecule has 2 rings (SSSR count). The van der Waals surface area contributed by atoms with Crippen molar-refractivity contribution in [3.63, 3.8) is 0 Å². The minimum atomic E-state index is -3.46. The van der Waals surface area contributed by atoms with E-state index >= 15 is 0 Å². The lowest BCUT2D eigenvalue weighted by molar-refractivity contribution is -0.113. The van der Waals surface area contributed by atoms with Crippen molar-refractivity contribution in [2.24, 2.45) is 0 Å². The SMILES string of the molecule is CC(C)S(=O)(=O)CC(=O)Nc1cccc(OCc2cccc(F)c2)c1. The van der Waals surface area contributed by atoms with Gasteiger partial charge in [-0.1, -0.05) is 18.2 Å². The average Bonchev–Trinajstić information content (AvgIpc) is 2.52. The summed E-state index contributed by atoms with van der Waals surface area (Å²) in [7, 11) is -3.46. The molecule has 2 aromatic rings. The molecule has 5 nitrogen and oxygen atoms in total. The molecule has 0 aromatic heterocycles. The Morgan fingerprint density at radius 2 is 1.88 bits per heavy atom. The maximum absolute atomic E-state index is 13.1. The van der Waals surface area contributed by atoms with Crippen molar-refractivity contribution in [2.45, 2.75) is 25.7 Å². The Hall–Kier alpha value is -2.41. The average molecular weight is 365 g/mol. The summed E-state index contributed by atoms with van der Waals surface area (Å²) in [6, 6.07) is 12.7. The van der Waals surface area contributed by atoms with Crippen LogP contribution in [0.2, 0.25) is 0 Å². The molecule has 2 aromatic carbocycles. The van der Waals surface area contributed by atoms with E-state index in [2.05, 4.69) is 5.32 Å². The molecule has 25 heavy (non-hydrogen) atoms. The summed E-state index contributed by atoms with van der Waals surface area (Å²) in [5.41, 5.74) is 1.11. The highest BCUT2D eigenvalue weighted by Gasteiger charge is 2.20. The molecule has 0 unspecified atom stereocenters. The first-order chi connectivity index (χ1) is 11.8. The number of ether oxygens (including phenoxy) is 1. The zero-order valence-electron chi connectivity index (χ0n) is 14.0. The molecule has 0 bridgehead atoms. The number of carbonyl (C=O) groups is 1. The Bertz CT molecular complexity index is 850. The Morgan fingerprint density at radius 3 is 2.56 bits per heavy atom. The number of halogens is 1. The van der Waals surface area contributed by atoms with Crippen LogP contribution < -0.4 is 10.1 Å². The Kier molecular flexibility index (Phi) is 6.14. The molecule has 134 valence electrons. The molecule has 7 heteroatoms. The van der Waals surface area contributed by atoms with Crippen molar-refractivity contribution in [3.8, 4) is 5.75 Å². The minimum absolute atomic E-state index is 0.177. The fourth-order valence-electron chi connectivity index (χ4n) is 2.00. The Morgan fingerprint density at radius 1 is 1.16 bits per heavy atom. The summed E-state index contributed by atoms with van der Waals surface area (Å²) in [5, 5.41) is 1.93. The third kappa shape index (κ3) is 5.86. The summed E-state index contributed by atoms with van der Waals surface area (Å²) in [4.78, 5) is 11.9. The van der Waals surface area contributed by atoms with Gasteiger partial charge in [-0.05, 0) is 43.7 Å². The Balaban J connectivity index is 1.98. The van der Waals surface area contributed by atoms with Gasteiger partial charge in [-0.15, -0.1) is 0 Å². The molecule has 0 aliphatic heterocycles. The summed E-state index contributed by atoms with van der Waals surface area (Å²) in [5.74, 6) is -1.03. The van der Waals surface area contributed by atoms with Gasteiger partial charge in [0.25, 0.3) is 0 Å². The molecule has 0 aliphatic carbocycles. The molecule has 1 N–H and O–H groups in total. The van der Waals surface area contributed by atoms with Gasteiger partial charge in [0.2, 0.25) is 5.91 Å². The number of sulfone groups is 1. The third-order valence-electron chi connectivity index (χ3n) is 3.46. The zero-order valence-corrected chi connectivity index (χ0v) is 14.8. The van der Waals surface area contributed by atoms with Gasteiger partial charge < -0.3 is 10.1 Å². The van der Waals surface area contributed by atoms with Crippen molar-refractivity contribution in [2.75, 3.05) is 11.1 Å². The van der Waals surface area contributed by atoms with Gasteiger partial charge in [-0.2, -0.15) is 0 Å². The number of hydrogen-bond donors (Lipinski definition) is 1. The molecule has 1 amide bonds. The van der Waals surface area contributed by atoms with Crippen molar-refractivity contribution in [1.29, 1.82) is 0 Å². The van der Waals surface area contributed by atoms with E-state index in [4.69, 9.17) is 4.74 Å². The lowest BCUT2D eigenvalue weighted by Gasteiger charge is -2.10. The fraction of sp³-hybridized carbons (Fsp3) is 0.278. The number of nitrogens with one attached hydrogen (secondary N) is 1. The summed E-state index contributed by atoms with van der Waals surface area (Å²) < 4.78 is 42.2. The normalized spacial score (nSPS) is 11.4. The van der Waals surface area contributed by atoms with Gasteiger partial charge in [0, 0.05) is 11.8 Å². The van der Waals surface area contributed by atoms with E-state index in [0.29, 0.717) is 17.0 Å². The van der Waals surface area contributed by atoms with E-state index in [1.54, 1.807) is 36.4 Å². The maximum atomic E-state index is 13.1. The monoisotopic (exact) mass is 365 g/mol. The van der Waals surface area contributed by atoms with Gasteiger partial charge >= 0.3 is 0 Å². The molecule has 0 spiro atoms. The molecule has 0 atom stereocenters. The predicted octanol–water partition coefficient (Wildman–Crippen LogP) is 3.17. The first kappa shape index (κ1) is 18.9. The molecule has 0 saturated heterocycles. The minimum Gasteiger partial charge on any atom is -0.489 e. The van der Waals surface area contributed by atoms with Gasteiger partial charge in [-0.3, -0.25) is 4.79 Å². The van der Waals surface area contributed by atoms with Crippen LogP contribution in [0.15, 0.2) is 48.5 Å². The second-order valence-electron chi connectivity index (χ2n) is 5.85. The van der Waals surface area contributed by atoms with Crippen LogP contribution in [0.4, 0.5) is 10.1 Å². The number of amides is 1. The van der Waals surface area contributed by atoms with Crippen LogP contribution in [0, 0.1) is 5.82 Å². The zero-order chi connectivity index (χ0) is 18.4. The van der Waals surface area contributed by atoms with E-state index in [1.807, 2.05) is 0 Å². The van der Waals surface area contributed by atoms with E-state index in [9.17, 15) is 17.6 Å². The molecule has 0 saturated carbocycles. The molecular formula is C18H20FNO4S. The van der Waals surface area contributed by atoms with Crippen molar-refractivity contribution in [1.82, 2.24) is 0 Å². The van der Waals surface area contributed by atoms with E-state index in [0.717, 1.165) is 0 Å². The number of benzene rings is 2. The highest BCUT2D eigenvalue weighted by Crippen LogP contribution is 2.19. The smallest absolute Gasteiger partial charge is 0.239 e. The second kappa shape index (κ2) is 8.11. The molecular weight excluding hydrogens is 345 g/mol. The number of hydrogen-bond acceptors (Lipinski definition) is 4. The van der Waals surface area contributed by atoms with Gasteiger partial charge in [-0.25, -0.2) is 12.8 Å². The van der Waals surface area contributed by atoms with Crippen molar-refractivity contribution in [3.05, 3.63) is 59.9 Å². The van der Waals surface area contributed by atoms with Crippen LogP contribution in [0.5, 0.6) is 5.75 Å². The standard InChI is InChI=1S/C18H20FNO4S/c1-13(2)25(22,23)12-18(21)20-16-7-4-8-17(10-16)24-11-14-5-3-6-15(19)9-14/h3-10,13H,11-12H2,1-2H3,(H,20,21). The topological polar surface area (TPSA) is 72.5 Å². The summed E-state index contributed by atoms with van der Waals surface area (Å²) in [6.07, 6.45) is 0. The van der Waals surface area contributed by atoms with Gasteiger partial charge in [0.1, 0.15) is 23.9 Å². The quantitative estimate of drug-likeness (QED) is 0.818. The van der Waals surface area contributed by atoms with Crippen LogP contribution in [-0.2, 0) is 21.2 Å². The van der Waals surface area contributed by atoms with Gasteiger partial charge in [0.15, 0.2) is 9.84 Å². The molecule has 0 aliphatic rings. The molecule has 0 fully saturated rings. The highest BCUT2D eigenvalue weighted by atomic mass is 32.2. The van der Waals surface area contributed by atoms with Crippen molar-refractivity contribution < 1.29 is 22.3 Å². The first-order valence-corrected chi connectivity index (χ1v) is 9.46. The fourth-order valence-corrected chi connectivity index (χ4v) is 2.77.